The lowest BCUT2D eigenvalue weighted by atomic mass is 9.77. The van der Waals surface area contributed by atoms with Crippen LogP contribution in [0.1, 0.15) is 60.4 Å². The van der Waals surface area contributed by atoms with Crippen molar-refractivity contribution < 1.29 is 14.3 Å². The molecule has 5 rings (SSSR count). The van der Waals surface area contributed by atoms with Crippen molar-refractivity contribution in [2.75, 3.05) is 18.0 Å². The van der Waals surface area contributed by atoms with E-state index in [-0.39, 0.29) is 5.97 Å². The average Bonchev–Trinajstić information content (AvgIpc) is 3.24. The number of fused-ring (bicyclic) bond motifs is 6. The van der Waals surface area contributed by atoms with E-state index in [1.807, 2.05) is 37.4 Å². The molecule has 0 bridgehead atoms. The molecular weight excluding hydrogens is 402 g/mol. The van der Waals surface area contributed by atoms with Crippen molar-refractivity contribution in [1.29, 1.82) is 0 Å². The van der Waals surface area contributed by atoms with Crippen LogP contribution in [0, 0.1) is 5.92 Å². The summed E-state index contributed by atoms with van der Waals surface area (Å²) in [6.45, 7) is 10.4. The summed E-state index contributed by atoms with van der Waals surface area (Å²) < 4.78 is 14.6. The standard InChI is InChI=1S/C26H29N3O3/c1-6-29(7-2)17-12-13-20-22(15-17)31-24-23(21(14-16(3)4)27-28(24)5)26(20)19-11-9-8-10-18(19)25(30)32-26/h8-13,15-16H,6-7,14H2,1-5H3. The number of aryl methyl sites for hydroxylation is 1. The van der Waals surface area contributed by atoms with E-state index in [2.05, 4.69) is 44.7 Å². The molecule has 0 saturated heterocycles. The van der Waals surface area contributed by atoms with Crippen LogP contribution in [-0.2, 0) is 23.8 Å². The second-order valence-electron chi connectivity index (χ2n) is 8.92. The van der Waals surface area contributed by atoms with Crippen molar-refractivity contribution >= 4 is 11.7 Å². The summed E-state index contributed by atoms with van der Waals surface area (Å²) in [7, 11) is 1.89. The Bertz CT molecular complexity index is 1210. The predicted molar refractivity (Wildman–Crippen MR) is 124 cm³/mol. The van der Waals surface area contributed by atoms with E-state index in [1.165, 1.54) is 0 Å². The van der Waals surface area contributed by atoms with Crippen LogP contribution in [0.4, 0.5) is 5.69 Å². The SMILES string of the molecule is CCN(CC)c1ccc2c(c1)Oc1c(c(CC(C)C)nn1C)C21OC(=O)c2ccccc21. The second-order valence-corrected chi connectivity index (χ2v) is 8.92. The maximum Gasteiger partial charge on any atom is 0.340 e. The lowest BCUT2D eigenvalue weighted by Gasteiger charge is -2.36. The highest BCUT2D eigenvalue weighted by Gasteiger charge is 2.56. The number of aromatic nitrogens is 2. The van der Waals surface area contributed by atoms with Gasteiger partial charge in [-0.25, -0.2) is 9.48 Å². The molecule has 1 atom stereocenters. The molecular formula is C26H29N3O3. The highest BCUT2D eigenvalue weighted by Crippen LogP contribution is 2.57. The van der Waals surface area contributed by atoms with Gasteiger partial charge in [0.1, 0.15) is 5.75 Å². The summed E-state index contributed by atoms with van der Waals surface area (Å²) in [6, 6.07) is 13.9. The average molecular weight is 432 g/mol. The zero-order valence-corrected chi connectivity index (χ0v) is 19.3. The molecule has 1 unspecified atom stereocenters. The normalized spacial score (nSPS) is 18.2. The molecule has 32 heavy (non-hydrogen) atoms. The fourth-order valence-electron chi connectivity index (χ4n) is 5.08. The summed E-state index contributed by atoms with van der Waals surface area (Å²) in [5, 5.41) is 4.81. The Hall–Kier alpha value is -3.28. The number of carbonyl (C=O) groups excluding carboxylic acids is 1. The summed E-state index contributed by atoms with van der Waals surface area (Å²) in [5.41, 5.74) is 4.06. The molecule has 166 valence electrons. The lowest BCUT2D eigenvalue weighted by Crippen LogP contribution is -2.34. The van der Waals surface area contributed by atoms with Gasteiger partial charge in [0.25, 0.3) is 0 Å². The molecule has 1 spiro atoms. The highest BCUT2D eigenvalue weighted by atomic mass is 16.6. The summed E-state index contributed by atoms with van der Waals surface area (Å²) in [6.07, 6.45) is 0.765. The van der Waals surface area contributed by atoms with Crippen molar-refractivity contribution in [2.24, 2.45) is 13.0 Å². The number of ether oxygens (including phenoxy) is 2. The summed E-state index contributed by atoms with van der Waals surface area (Å²) in [5.74, 6) is 1.41. The van der Waals surface area contributed by atoms with E-state index in [4.69, 9.17) is 14.6 Å². The largest absolute Gasteiger partial charge is 0.440 e. The molecule has 1 aromatic heterocycles. The molecule has 0 saturated carbocycles. The number of nitrogens with zero attached hydrogens (tertiary/aromatic N) is 3. The third-order valence-corrected chi connectivity index (χ3v) is 6.47. The predicted octanol–water partition coefficient (Wildman–Crippen LogP) is 5.03. The first kappa shape index (κ1) is 20.6. The van der Waals surface area contributed by atoms with Gasteiger partial charge in [-0.3, -0.25) is 0 Å². The van der Waals surface area contributed by atoms with Crippen LogP contribution in [-0.4, -0.2) is 28.8 Å². The molecule has 2 aliphatic heterocycles. The van der Waals surface area contributed by atoms with Gasteiger partial charge >= 0.3 is 5.97 Å². The number of esters is 1. The van der Waals surface area contributed by atoms with Crippen molar-refractivity contribution in [3.8, 4) is 11.6 Å². The quantitative estimate of drug-likeness (QED) is 0.530. The fourth-order valence-corrected chi connectivity index (χ4v) is 5.08. The van der Waals surface area contributed by atoms with E-state index < -0.39 is 5.60 Å². The molecule has 3 heterocycles. The third-order valence-electron chi connectivity index (χ3n) is 6.47. The van der Waals surface area contributed by atoms with Gasteiger partial charge in [0, 0.05) is 43.0 Å². The van der Waals surface area contributed by atoms with Gasteiger partial charge in [-0.15, -0.1) is 0 Å². The van der Waals surface area contributed by atoms with Crippen LogP contribution in [0.25, 0.3) is 0 Å². The molecule has 0 N–H and O–H groups in total. The summed E-state index contributed by atoms with van der Waals surface area (Å²) in [4.78, 5) is 15.3. The van der Waals surface area contributed by atoms with Gasteiger partial charge in [0.15, 0.2) is 5.60 Å². The van der Waals surface area contributed by atoms with Crippen molar-refractivity contribution in [1.82, 2.24) is 9.78 Å². The molecule has 0 amide bonds. The molecule has 0 aliphatic carbocycles. The van der Waals surface area contributed by atoms with Crippen LogP contribution < -0.4 is 9.64 Å². The maximum atomic E-state index is 13.1. The van der Waals surface area contributed by atoms with E-state index >= 15 is 0 Å². The Morgan fingerprint density at radius 1 is 1.09 bits per heavy atom. The number of hydrogen-bond donors (Lipinski definition) is 0. The van der Waals surface area contributed by atoms with E-state index in [1.54, 1.807) is 4.68 Å². The Kier molecular flexibility index (Phi) is 4.77. The van der Waals surface area contributed by atoms with Crippen LogP contribution in [0.3, 0.4) is 0 Å². The van der Waals surface area contributed by atoms with Crippen molar-refractivity contribution in [3.05, 3.63) is 70.4 Å². The first-order valence-corrected chi connectivity index (χ1v) is 11.4. The summed E-state index contributed by atoms with van der Waals surface area (Å²) >= 11 is 0. The Morgan fingerprint density at radius 3 is 2.56 bits per heavy atom. The third kappa shape index (κ3) is 2.78. The molecule has 2 aliphatic rings. The topological polar surface area (TPSA) is 56.6 Å². The smallest absolute Gasteiger partial charge is 0.340 e. The first-order chi connectivity index (χ1) is 15.4. The number of anilines is 1. The monoisotopic (exact) mass is 431 g/mol. The highest BCUT2D eigenvalue weighted by molar-refractivity contribution is 5.97. The minimum absolute atomic E-state index is 0.313. The fraction of sp³-hybridized carbons (Fsp3) is 0.385. The van der Waals surface area contributed by atoms with Gasteiger partial charge in [-0.2, -0.15) is 5.10 Å². The minimum Gasteiger partial charge on any atom is -0.440 e. The van der Waals surface area contributed by atoms with Crippen molar-refractivity contribution in [3.63, 3.8) is 0 Å². The lowest BCUT2D eigenvalue weighted by molar-refractivity contribution is 0.0220. The van der Waals surface area contributed by atoms with Crippen LogP contribution in [0.15, 0.2) is 42.5 Å². The number of benzene rings is 2. The zero-order chi connectivity index (χ0) is 22.6. The van der Waals surface area contributed by atoms with Gasteiger partial charge in [0.2, 0.25) is 5.88 Å². The van der Waals surface area contributed by atoms with Crippen molar-refractivity contribution in [2.45, 2.75) is 39.7 Å². The van der Waals surface area contributed by atoms with E-state index in [9.17, 15) is 4.79 Å². The zero-order valence-electron chi connectivity index (χ0n) is 19.3. The van der Waals surface area contributed by atoms with Crippen LogP contribution in [0.5, 0.6) is 11.6 Å². The first-order valence-electron chi connectivity index (χ1n) is 11.4. The minimum atomic E-state index is -1.06. The van der Waals surface area contributed by atoms with Crippen LogP contribution >= 0.6 is 0 Å². The molecule has 6 heteroatoms. The van der Waals surface area contributed by atoms with Gasteiger partial charge in [-0.05, 0) is 44.4 Å². The Morgan fingerprint density at radius 2 is 1.84 bits per heavy atom. The number of hydrogen-bond acceptors (Lipinski definition) is 5. The Labute approximate surface area is 188 Å². The van der Waals surface area contributed by atoms with Gasteiger partial charge < -0.3 is 14.4 Å². The van der Waals surface area contributed by atoms with Gasteiger partial charge in [-0.1, -0.05) is 32.0 Å². The van der Waals surface area contributed by atoms with Gasteiger partial charge in [0.05, 0.1) is 16.8 Å². The van der Waals surface area contributed by atoms with E-state index in [0.29, 0.717) is 23.1 Å². The number of carbonyl (C=O) groups is 1. The maximum absolute atomic E-state index is 13.1. The molecule has 3 aromatic rings. The number of rotatable bonds is 5. The van der Waals surface area contributed by atoms with E-state index in [0.717, 1.165) is 47.6 Å². The van der Waals surface area contributed by atoms with Crippen LogP contribution in [0.2, 0.25) is 0 Å². The molecule has 2 aromatic carbocycles. The molecule has 6 nitrogen and oxygen atoms in total. The Balaban J connectivity index is 1.82. The second kappa shape index (κ2) is 7.40. The molecule has 0 fully saturated rings. The molecule has 0 radical (unpaired) electrons.